The number of carbonyl (C=O) groups excluding carboxylic acids is 1. The summed E-state index contributed by atoms with van der Waals surface area (Å²) in [5.74, 6) is 0.411. The lowest BCUT2D eigenvalue weighted by Crippen LogP contribution is -2.29. The van der Waals surface area contributed by atoms with E-state index in [1.165, 1.54) is 19.2 Å². The zero-order valence-corrected chi connectivity index (χ0v) is 16.9. The Morgan fingerprint density at radius 3 is 2.53 bits per heavy atom. The van der Waals surface area contributed by atoms with Crippen LogP contribution in [0.4, 0.5) is 10.2 Å². The summed E-state index contributed by atoms with van der Waals surface area (Å²) in [4.78, 5) is 21.4. The molecule has 0 unspecified atom stereocenters. The zero-order chi connectivity index (χ0) is 21.1. The van der Waals surface area contributed by atoms with E-state index in [0.29, 0.717) is 40.1 Å². The molecule has 0 amide bonds. The van der Waals surface area contributed by atoms with Gasteiger partial charge in [0.15, 0.2) is 5.82 Å². The van der Waals surface area contributed by atoms with Crippen molar-refractivity contribution in [1.29, 1.82) is 0 Å². The first-order valence-corrected chi connectivity index (χ1v) is 10.2. The Balaban J connectivity index is 1.70. The van der Waals surface area contributed by atoms with Gasteiger partial charge in [-0.05, 0) is 74.1 Å². The van der Waals surface area contributed by atoms with E-state index in [4.69, 9.17) is 20.4 Å². The average Bonchev–Trinajstić information content (AvgIpc) is 2.77. The van der Waals surface area contributed by atoms with E-state index in [1.807, 2.05) is 0 Å². The van der Waals surface area contributed by atoms with Crippen LogP contribution in [0.25, 0.3) is 22.3 Å². The molecule has 3 aromatic rings. The predicted molar refractivity (Wildman–Crippen MR) is 115 cm³/mol. The highest BCUT2D eigenvalue weighted by Crippen LogP contribution is 2.29. The fraction of sp³-hybridized carbons (Fsp3) is 0.348. The maximum Gasteiger partial charge on any atom is 0.337 e. The summed E-state index contributed by atoms with van der Waals surface area (Å²) in [6.45, 7) is 0.762. The number of methoxy groups -OCH3 is 1. The van der Waals surface area contributed by atoms with Crippen LogP contribution in [0, 0.1) is 11.7 Å². The summed E-state index contributed by atoms with van der Waals surface area (Å²) in [5, 5.41) is 3.44. The van der Waals surface area contributed by atoms with Crippen LogP contribution in [0.5, 0.6) is 0 Å². The van der Waals surface area contributed by atoms with Crippen LogP contribution < -0.4 is 11.1 Å². The number of nitrogens with one attached hydrogen (secondary N) is 1. The number of esters is 1. The van der Waals surface area contributed by atoms with Crippen molar-refractivity contribution in [3.05, 3.63) is 53.8 Å². The lowest BCUT2D eigenvalue weighted by molar-refractivity contribution is 0.0601. The summed E-state index contributed by atoms with van der Waals surface area (Å²) in [6.07, 6.45) is 4.22. The van der Waals surface area contributed by atoms with Gasteiger partial charge in [0.2, 0.25) is 0 Å². The topological polar surface area (TPSA) is 90.1 Å². The Labute approximate surface area is 174 Å². The highest BCUT2D eigenvalue weighted by molar-refractivity contribution is 5.94. The fourth-order valence-electron chi connectivity index (χ4n) is 3.86. The van der Waals surface area contributed by atoms with Gasteiger partial charge >= 0.3 is 5.97 Å². The van der Waals surface area contributed by atoms with Gasteiger partial charge < -0.3 is 15.8 Å². The Kier molecular flexibility index (Phi) is 5.90. The van der Waals surface area contributed by atoms with E-state index in [1.54, 1.807) is 30.3 Å². The Hall–Kier alpha value is -3.06. The smallest absolute Gasteiger partial charge is 0.337 e. The van der Waals surface area contributed by atoms with Gasteiger partial charge in [-0.25, -0.2) is 19.2 Å². The van der Waals surface area contributed by atoms with Crippen molar-refractivity contribution in [1.82, 2.24) is 9.97 Å². The zero-order valence-electron chi connectivity index (χ0n) is 16.9. The molecular weight excluding hydrogens is 383 g/mol. The SMILES string of the molecule is COC(=O)c1ccc2nc(-c3ccc(F)cc3)c(NCC3CCC(N)CC3)nc2c1. The first-order chi connectivity index (χ1) is 14.5. The maximum atomic E-state index is 13.4. The lowest BCUT2D eigenvalue weighted by atomic mass is 9.86. The maximum absolute atomic E-state index is 13.4. The van der Waals surface area contributed by atoms with E-state index in [9.17, 15) is 9.18 Å². The van der Waals surface area contributed by atoms with Gasteiger partial charge in [-0.2, -0.15) is 0 Å². The molecule has 6 nitrogen and oxygen atoms in total. The van der Waals surface area contributed by atoms with Crippen LogP contribution in [0.1, 0.15) is 36.0 Å². The van der Waals surface area contributed by atoms with E-state index >= 15 is 0 Å². The van der Waals surface area contributed by atoms with E-state index in [2.05, 4.69) is 5.32 Å². The van der Waals surface area contributed by atoms with Gasteiger partial charge in [-0.15, -0.1) is 0 Å². The van der Waals surface area contributed by atoms with Crippen LogP contribution in [0.2, 0.25) is 0 Å². The number of nitrogens with two attached hydrogens (primary N) is 1. The van der Waals surface area contributed by atoms with Crippen LogP contribution >= 0.6 is 0 Å². The normalized spacial score (nSPS) is 18.9. The minimum absolute atomic E-state index is 0.299. The number of nitrogens with zero attached hydrogens (tertiary/aromatic N) is 2. The number of carbonyl (C=O) groups is 1. The predicted octanol–water partition coefficient (Wildman–Crippen LogP) is 4.15. The van der Waals surface area contributed by atoms with Gasteiger partial charge in [-0.1, -0.05) is 0 Å². The van der Waals surface area contributed by atoms with E-state index in [-0.39, 0.29) is 5.82 Å². The molecule has 0 atom stereocenters. The van der Waals surface area contributed by atoms with Crippen LogP contribution in [0.15, 0.2) is 42.5 Å². The molecule has 0 aliphatic heterocycles. The summed E-state index contributed by atoms with van der Waals surface area (Å²) in [6, 6.07) is 11.6. The Morgan fingerprint density at radius 1 is 1.10 bits per heavy atom. The molecule has 1 aliphatic rings. The first-order valence-electron chi connectivity index (χ1n) is 10.2. The van der Waals surface area contributed by atoms with Gasteiger partial charge in [0.25, 0.3) is 0 Å². The summed E-state index contributed by atoms with van der Waals surface area (Å²) >= 11 is 0. The molecule has 0 radical (unpaired) electrons. The van der Waals surface area contributed by atoms with Crippen molar-refractivity contribution < 1.29 is 13.9 Å². The molecule has 0 spiro atoms. The molecule has 7 heteroatoms. The number of rotatable bonds is 5. The van der Waals surface area contributed by atoms with Gasteiger partial charge in [0.05, 0.1) is 23.7 Å². The van der Waals surface area contributed by atoms with Crippen LogP contribution in [0.3, 0.4) is 0 Å². The monoisotopic (exact) mass is 408 g/mol. The molecule has 1 aromatic heterocycles. The van der Waals surface area contributed by atoms with Gasteiger partial charge in [-0.3, -0.25) is 0 Å². The highest BCUT2D eigenvalue weighted by atomic mass is 19.1. The molecule has 0 saturated heterocycles. The standard InChI is InChI=1S/C23H25FN4O2/c1-30-23(29)16-6-11-19-20(12-16)28-22(26-13-14-2-9-18(25)10-3-14)21(27-19)15-4-7-17(24)8-5-15/h4-8,11-12,14,18H,2-3,9-10,13,25H2,1H3,(H,26,28). The third-order valence-corrected chi connectivity index (χ3v) is 5.65. The second-order valence-electron chi connectivity index (χ2n) is 7.78. The number of anilines is 1. The first kappa shape index (κ1) is 20.2. The van der Waals surface area contributed by atoms with Crippen LogP contribution in [-0.2, 0) is 4.74 Å². The Bertz CT molecular complexity index is 1050. The molecule has 30 heavy (non-hydrogen) atoms. The van der Waals surface area contributed by atoms with Crippen molar-refractivity contribution in [2.24, 2.45) is 11.7 Å². The molecule has 0 bridgehead atoms. The molecule has 1 heterocycles. The third kappa shape index (κ3) is 4.41. The molecule has 3 N–H and O–H groups in total. The number of hydrogen-bond donors (Lipinski definition) is 2. The lowest BCUT2D eigenvalue weighted by Gasteiger charge is -2.26. The molecule has 4 rings (SSSR count). The second kappa shape index (κ2) is 8.75. The number of aromatic nitrogens is 2. The summed E-state index contributed by atoms with van der Waals surface area (Å²) in [5.41, 5.74) is 9.11. The molecule has 156 valence electrons. The molecule has 1 saturated carbocycles. The summed E-state index contributed by atoms with van der Waals surface area (Å²) in [7, 11) is 1.35. The second-order valence-corrected chi connectivity index (χ2v) is 7.78. The largest absolute Gasteiger partial charge is 0.465 e. The number of halogens is 1. The van der Waals surface area contributed by atoms with Crippen molar-refractivity contribution >= 4 is 22.8 Å². The minimum Gasteiger partial charge on any atom is -0.465 e. The van der Waals surface area contributed by atoms with E-state index < -0.39 is 5.97 Å². The van der Waals surface area contributed by atoms with Gasteiger partial charge in [0.1, 0.15) is 11.5 Å². The quantitative estimate of drug-likeness (QED) is 0.617. The van der Waals surface area contributed by atoms with Crippen LogP contribution in [-0.4, -0.2) is 35.6 Å². The number of ether oxygens (including phenoxy) is 1. The van der Waals surface area contributed by atoms with Gasteiger partial charge in [0, 0.05) is 18.2 Å². The van der Waals surface area contributed by atoms with Crippen molar-refractivity contribution in [3.63, 3.8) is 0 Å². The van der Waals surface area contributed by atoms with Crippen molar-refractivity contribution in [2.45, 2.75) is 31.7 Å². The van der Waals surface area contributed by atoms with E-state index in [0.717, 1.165) is 37.8 Å². The number of fused-ring (bicyclic) bond motifs is 1. The Morgan fingerprint density at radius 2 is 1.83 bits per heavy atom. The molecule has 1 aliphatic carbocycles. The number of hydrogen-bond acceptors (Lipinski definition) is 6. The molecular formula is C23H25FN4O2. The molecule has 2 aromatic carbocycles. The summed E-state index contributed by atoms with van der Waals surface area (Å²) < 4.78 is 18.2. The van der Waals surface area contributed by atoms with Crippen molar-refractivity contribution in [2.75, 3.05) is 19.0 Å². The van der Waals surface area contributed by atoms with Crippen molar-refractivity contribution in [3.8, 4) is 11.3 Å². The minimum atomic E-state index is -0.422. The highest BCUT2D eigenvalue weighted by Gasteiger charge is 2.20. The number of benzene rings is 2. The molecule has 1 fully saturated rings. The average molecular weight is 408 g/mol. The third-order valence-electron chi connectivity index (χ3n) is 5.65. The fourth-order valence-corrected chi connectivity index (χ4v) is 3.86.